The van der Waals surface area contributed by atoms with E-state index in [2.05, 4.69) is 10.3 Å². The van der Waals surface area contributed by atoms with Crippen molar-refractivity contribution in [1.29, 1.82) is 0 Å². The number of rotatable bonds is 0. The van der Waals surface area contributed by atoms with Gasteiger partial charge in [0.05, 0.1) is 6.42 Å². The number of carbonyl (C=O) groups excluding carboxylic acids is 1. The maximum Gasteiger partial charge on any atom is 0.228 e. The van der Waals surface area contributed by atoms with Gasteiger partial charge in [-0.25, -0.2) is 0 Å². The second-order valence-corrected chi connectivity index (χ2v) is 3.62. The molecule has 0 spiro atoms. The second kappa shape index (κ2) is 5.12. The average Bonchev–Trinajstić information content (AvgIpc) is 2.71. The highest BCUT2D eigenvalue weighted by Crippen LogP contribution is 2.20. The number of pyridine rings is 1. The normalized spacial score (nSPS) is 12.1. The van der Waals surface area contributed by atoms with E-state index in [0.29, 0.717) is 6.42 Å². The molecule has 2 N–H and O–H groups in total. The summed E-state index contributed by atoms with van der Waals surface area (Å²) in [5.41, 5.74) is 2.11. The van der Waals surface area contributed by atoms with Crippen LogP contribution < -0.4 is 10.7 Å². The Balaban J connectivity index is 0.000000136. The number of carbonyl (C=O) groups is 1. The third-order valence-corrected chi connectivity index (χ3v) is 2.33. The van der Waals surface area contributed by atoms with Gasteiger partial charge in [0.15, 0.2) is 5.43 Å². The highest BCUT2D eigenvalue weighted by atomic mass is 16.1. The van der Waals surface area contributed by atoms with Crippen LogP contribution in [-0.2, 0) is 11.2 Å². The van der Waals surface area contributed by atoms with Crippen LogP contribution in [0, 0.1) is 0 Å². The number of benzene rings is 1. The fraction of sp³-hybridized carbons (Fsp3) is 0.0769. The van der Waals surface area contributed by atoms with Crippen LogP contribution >= 0.6 is 0 Å². The molecule has 0 radical (unpaired) electrons. The van der Waals surface area contributed by atoms with Crippen molar-refractivity contribution in [2.24, 2.45) is 0 Å². The van der Waals surface area contributed by atoms with Crippen molar-refractivity contribution in [1.82, 2.24) is 4.98 Å². The van der Waals surface area contributed by atoms with Gasteiger partial charge < -0.3 is 10.3 Å². The standard InChI is InChI=1S/C8H7NO.C5H5NO/c10-8-5-6-3-1-2-4-7(6)9-8;7-5-1-3-6-4-2-5/h1-4H,5H2,(H,9,10);1-4H,(H,6,7). The molecule has 4 nitrogen and oxygen atoms in total. The molecule has 2 heterocycles. The lowest BCUT2D eigenvalue weighted by Crippen LogP contribution is -2.03. The molecule has 0 saturated carbocycles. The van der Waals surface area contributed by atoms with Crippen molar-refractivity contribution in [3.05, 3.63) is 64.6 Å². The maximum atomic E-state index is 10.8. The number of fused-ring (bicyclic) bond motifs is 1. The first-order valence-corrected chi connectivity index (χ1v) is 5.26. The van der Waals surface area contributed by atoms with Gasteiger partial charge in [0.2, 0.25) is 5.91 Å². The molecule has 17 heavy (non-hydrogen) atoms. The quantitative estimate of drug-likeness (QED) is 0.718. The molecule has 1 aliphatic heterocycles. The van der Waals surface area contributed by atoms with Crippen molar-refractivity contribution in [3.8, 4) is 0 Å². The number of hydrogen-bond acceptors (Lipinski definition) is 2. The molecule has 1 aromatic heterocycles. The minimum absolute atomic E-state index is 0.0405. The van der Waals surface area contributed by atoms with E-state index in [-0.39, 0.29) is 11.3 Å². The molecule has 0 fully saturated rings. The second-order valence-electron chi connectivity index (χ2n) is 3.62. The summed E-state index contributed by atoms with van der Waals surface area (Å²) in [4.78, 5) is 23.8. The van der Waals surface area contributed by atoms with Crippen LogP contribution in [0.3, 0.4) is 0 Å². The Kier molecular flexibility index (Phi) is 3.35. The van der Waals surface area contributed by atoms with Crippen molar-refractivity contribution >= 4 is 11.6 Å². The minimum atomic E-state index is 0.0405. The van der Waals surface area contributed by atoms with Crippen LogP contribution in [0.15, 0.2) is 53.6 Å². The van der Waals surface area contributed by atoms with Gasteiger partial charge in [-0.15, -0.1) is 0 Å². The highest BCUT2D eigenvalue weighted by molar-refractivity contribution is 5.98. The lowest BCUT2D eigenvalue weighted by atomic mass is 10.2. The predicted octanol–water partition coefficient (Wildman–Crippen LogP) is 1.56. The number of amides is 1. The summed E-state index contributed by atoms with van der Waals surface area (Å²) in [7, 11) is 0. The van der Waals surface area contributed by atoms with Gasteiger partial charge in [-0.2, -0.15) is 0 Å². The zero-order valence-electron chi connectivity index (χ0n) is 9.14. The van der Waals surface area contributed by atoms with E-state index >= 15 is 0 Å². The van der Waals surface area contributed by atoms with Crippen LogP contribution in [-0.4, -0.2) is 10.9 Å². The molecule has 0 saturated heterocycles. The van der Waals surface area contributed by atoms with Crippen molar-refractivity contribution in [3.63, 3.8) is 0 Å². The van der Waals surface area contributed by atoms with Crippen LogP contribution in [0.25, 0.3) is 0 Å². The molecule has 86 valence electrons. The largest absolute Gasteiger partial charge is 0.367 e. The van der Waals surface area contributed by atoms with E-state index in [1.807, 2.05) is 24.3 Å². The monoisotopic (exact) mass is 228 g/mol. The fourth-order valence-electron chi connectivity index (χ4n) is 1.54. The van der Waals surface area contributed by atoms with Crippen molar-refractivity contribution in [2.45, 2.75) is 6.42 Å². The lowest BCUT2D eigenvalue weighted by Gasteiger charge is -1.93. The minimum Gasteiger partial charge on any atom is -0.367 e. The van der Waals surface area contributed by atoms with Crippen molar-refractivity contribution < 1.29 is 4.79 Å². The van der Waals surface area contributed by atoms with Crippen molar-refractivity contribution in [2.75, 3.05) is 5.32 Å². The van der Waals surface area contributed by atoms with Gasteiger partial charge in [-0.05, 0) is 11.6 Å². The first-order valence-electron chi connectivity index (χ1n) is 5.26. The number of aromatic nitrogens is 1. The summed E-state index contributed by atoms with van der Waals surface area (Å²) < 4.78 is 0. The Hall–Kier alpha value is -2.36. The molecular weight excluding hydrogens is 216 g/mol. The Morgan fingerprint density at radius 3 is 2.24 bits per heavy atom. The number of para-hydroxylation sites is 1. The summed E-state index contributed by atoms with van der Waals surface area (Å²) >= 11 is 0. The molecule has 0 aliphatic carbocycles. The zero-order chi connectivity index (χ0) is 12.1. The Bertz CT molecular complexity index is 531. The third-order valence-electron chi connectivity index (χ3n) is 2.33. The molecule has 0 atom stereocenters. The Labute approximate surface area is 98.3 Å². The van der Waals surface area contributed by atoms with Crippen LogP contribution in [0.1, 0.15) is 5.56 Å². The summed E-state index contributed by atoms with van der Waals surface area (Å²) in [5.74, 6) is 0.0983. The summed E-state index contributed by atoms with van der Waals surface area (Å²) in [5, 5.41) is 2.76. The average molecular weight is 228 g/mol. The first-order chi connectivity index (χ1) is 8.25. The summed E-state index contributed by atoms with van der Waals surface area (Å²) in [6, 6.07) is 10.7. The van der Waals surface area contributed by atoms with E-state index in [0.717, 1.165) is 11.3 Å². The fourth-order valence-corrected chi connectivity index (χ4v) is 1.54. The maximum absolute atomic E-state index is 10.8. The molecule has 1 aromatic carbocycles. The Morgan fingerprint density at radius 1 is 0.941 bits per heavy atom. The van der Waals surface area contributed by atoms with E-state index in [1.54, 1.807) is 12.4 Å². The summed E-state index contributed by atoms with van der Waals surface area (Å²) in [6.07, 6.45) is 3.74. The number of hydrogen-bond donors (Lipinski definition) is 2. The SMILES string of the molecule is O=C1Cc2ccccc2N1.O=c1cc[nH]cc1. The molecule has 0 unspecified atom stereocenters. The first kappa shape index (κ1) is 11.1. The molecule has 1 amide bonds. The lowest BCUT2D eigenvalue weighted by molar-refractivity contribution is -0.115. The predicted molar refractivity (Wildman–Crippen MR) is 65.8 cm³/mol. The topological polar surface area (TPSA) is 62.0 Å². The highest BCUT2D eigenvalue weighted by Gasteiger charge is 2.15. The van der Waals surface area contributed by atoms with E-state index in [9.17, 15) is 9.59 Å². The number of nitrogens with one attached hydrogen (secondary N) is 2. The van der Waals surface area contributed by atoms with Gasteiger partial charge in [0.1, 0.15) is 0 Å². The van der Waals surface area contributed by atoms with Gasteiger partial charge >= 0.3 is 0 Å². The number of aromatic amines is 1. The van der Waals surface area contributed by atoms with E-state index in [1.165, 1.54) is 12.1 Å². The molecule has 2 aromatic rings. The van der Waals surface area contributed by atoms with Crippen LogP contribution in [0.4, 0.5) is 5.69 Å². The molecular formula is C13H12N2O2. The summed E-state index contributed by atoms with van der Waals surface area (Å²) in [6.45, 7) is 0. The van der Waals surface area contributed by atoms with E-state index < -0.39 is 0 Å². The van der Waals surface area contributed by atoms with E-state index in [4.69, 9.17) is 0 Å². The Morgan fingerprint density at radius 2 is 1.65 bits per heavy atom. The molecule has 4 heteroatoms. The van der Waals surface area contributed by atoms with Crippen LogP contribution in [0.2, 0.25) is 0 Å². The van der Waals surface area contributed by atoms with Gasteiger partial charge in [0.25, 0.3) is 0 Å². The zero-order valence-corrected chi connectivity index (χ0v) is 9.14. The molecule has 3 rings (SSSR count). The van der Waals surface area contributed by atoms with Gasteiger partial charge in [-0.3, -0.25) is 9.59 Å². The van der Waals surface area contributed by atoms with Gasteiger partial charge in [-0.1, -0.05) is 18.2 Å². The smallest absolute Gasteiger partial charge is 0.228 e. The number of H-pyrrole nitrogens is 1. The molecule has 0 bridgehead atoms. The third kappa shape index (κ3) is 3.04. The van der Waals surface area contributed by atoms with Crippen LogP contribution in [0.5, 0.6) is 0 Å². The van der Waals surface area contributed by atoms with Gasteiger partial charge in [0, 0.05) is 30.2 Å². The molecule has 1 aliphatic rings. The number of anilines is 1.